The number of methoxy groups -OCH3 is 3. The van der Waals surface area contributed by atoms with Crippen LogP contribution in [0.15, 0.2) is 36.7 Å². The van der Waals surface area contributed by atoms with Crippen molar-refractivity contribution in [1.29, 1.82) is 0 Å². The zero-order chi connectivity index (χ0) is 22.8. The highest BCUT2D eigenvalue weighted by Gasteiger charge is 2.30. The smallest absolute Gasteiger partial charge is 0.228 e. The molecule has 9 nitrogen and oxygen atoms in total. The fourth-order valence-corrected chi connectivity index (χ4v) is 4.38. The summed E-state index contributed by atoms with van der Waals surface area (Å²) in [5, 5.41) is 0. The number of benzene rings is 1. The van der Waals surface area contributed by atoms with Gasteiger partial charge in [-0.2, -0.15) is 4.98 Å². The summed E-state index contributed by atoms with van der Waals surface area (Å²) < 4.78 is 22.3. The van der Waals surface area contributed by atoms with Gasteiger partial charge >= 0.3 is 0 Å². The number of hydrogen-bond acceptors (Lipinski definition) is 9. The zero-order valence-electron chi connectivity index (χ0n) is 19.1. The number of ether oxygens (including phenoxy) is 4. The van der Waals surface area contributed by atoms with Crippen molar-refractivity contribution in [3.05, 3.63) is 42.2 Å². The number of anilines is 3. The molecule has 0 aliphatic carbocycles. The Morgan fingerprint density at radius 3 is 2.21 bits per heavy atom. The molecular weight excluding hydrogens is 422 g/mol. The molecule has 2 aromatic heterocycles. The molecule has 0 unspecified atom stereocenters. The molecule has 2 aliphatic heterocycles. The van der Waals surface area contributed by atoms with Crippen LogP contribution in [0.5, 0.6) is 17.2 Å². The standard InChI is InChI=1S/C24H27N5O4/c1-30-19-14-16(15-20(31-2)22(19)32-3)21-18-6-9-29(17-4-7-25-8-5-17)23(18)27-24(26-21)28-10-12-33-13-11-28/h4-5,7-8,14-15H,6,9-13H2,1-3H3. The van der Waals surface area contributed by atoms with Gasteiger partial charge in [0.2, 0.25) is 11.7 Å². The summed E-state index contributed by atoms with van der Waals surface area (Å²) in [7, 11) is 4.84. The summed E-state index contributed by atoms with van der Waals surface area (Å²) in [5.74, 6) is 3.36. The number of hydrogen-bond donors (Lipinski definition) is 0. The molecule has 0 amide bonds. The van der Waals surface area contributed by atoms with E-state index in [1.165, 1.54) is 0 Å². The van der Waals surface area contributed by atoms with E-state index in [9.17, 15) is 0 Å². The van der Waals surface area contributed by atoms with Gasteiger partial charge < -0.3 is 28.7 Å². The second-order valence-electron chi connectivity index (χ2n) is 7.79. The molecule has 0 spiro atoms. The molecule has 0 radical (unpaired) electrons. The number of aromatic nitrogens is 3. The predicted octanol–water partition coefficient (Wildman–Crippen LogP) is 3.10. The van der Waals surface area contributed by atoms with Crippen LogP contribution in [0, 0.1) is 0 Å². The van der Waals surface area contributed by atoms with Crippen LogP contribution in [0.1, 0.15) is 5.56 Å². The maximum atomic E-state index is 5.60. The van der Waals surface area contributed by atoms with Crippen LogP contribution in [-0.2, 0) is 11.2 Å². The SMILES string of the molecule is COc1cc(-c2nc(N3CCOCC3)nc3c2CCN3c2ccncc2)cc(OC)c1OC. The largest absolute Gasteiger partial charge is 0.493 e. The second kappa shape index (κ2) is 9.11. The number of morpholine rings is 1. The van der Waals surface area contributed by atoms with E-state index in [0.717, 1.165) is 54.4 Å². The molecule has 1 aromatic carbocycles. The van der Waals surface area contributed by atoms with Gasteiger partial charge in [-0.25, -0.2) is 4.98 Å². The van der Waals surface area contributed by atoms with E-state index >= 15 is 0 Å². The van der Waals surface area contributed by atoms with Crippen molar-refractivity contribution in [2.75, 3.05) is 64.0 Å². The summed E-state index contributed by atoms with van der Waals surface area (Å²) in [6.07, 6.45) is 4.43. The first-order valence-electron chi connectivity index (χ1n) is 10.9. The highest BCUT2D eigenvalue weighted by molar-refractivity contribution is 5.79. The Labute approximate surface area is 192 Å². The normalized spacial score (nSPS) is 15.4. The quantitative estimate of drug-likeness (QED) is 0.564. The van der Waals surface area contributed by atoms with Gasteiger partial charge in [0.25, 0.3) is 0 Å². The molecule has 0 atom stereocenters. The first kappa shape index (κ1) is 21.3. The molecule has 5 rings (SSSR count). The van der Waals surface area contributed by atoms with Gasteiger partial charge in [0, 0.05) is 48.8 Å². The Bertz CT molecular complexity index is 1110. The van der Waals surface area contributed by atoms with Gasteiger partial charge in [0.1, 0.15) is 5.82 Å². The summed E-state index contributed by atoms with van der Waals surface area (Å²) in [5.41, 5.74) is 3.93. The van der Waals surface area contributed by atoms with Gasteiger partial charge in [-0.15, -0.1) is 0 Å². The third kappa shape index (κ3) is 3.89. The molecule has 2 aliphatic rings. The van der Waals surface area contributed by atoms with Crippen molar-refractivity contribution in [3.8, 4) is 28.5 Å². The van der Waals surface area contributed by atoms with Gasteiger partial charge in [0.05, 0.1) is 40.2 Å². The summed E-state index contributed by atoms with van der Waals surface area (Å²) in [6.45, 7) is 3.64. The molecule has 4 heterocycles. The predicted molar refractivity (Wildman–Crippen MR) is 125 cm³/mol. The van der Waals surface area contributed by atoms with Gasteiger partial charge in [-0.05, 0) is 30.7 Å². The minimum Gasteiger partial charge on any atom is -0.493 e. The van der Waals surface area contributed by atoms with E-state index in [4.69, 9.17) is 28.9 Å². The van der Waals surface area contributed by atoms with Crippen molar-refractivity contribution < 1.29 is 18.9 Å². The Balaban J connectivity index is 1.68. The summed E-state index contributed by atoms with van der Waals surface area (Å²) >= 11 is 0. The minimum absolute atomic E-state index is 0.557. The third-order valence-electron chi connectivity index (χ3n) is 6.02. The summed E-state index contributed by atoms with van der Waals surface area (Å²) in [4.78, 5) is 18.6. The van der Waals surface area contributed by atoms with Crippen LogP contribution in [-0.4, -0.2) is 69.1 Å². The Morgan fingerprint density at radius 2 is 1.58 bits per heavy atom. The molecule has 0 N–H and O–H groups in total. The molecule has 1 fully saturated rings. The van der Waals surface area contributed by atoms with E-state index in [0.29, 0.717) is 36.4 Å². The van der Waals surface area contributed by atoms with E-state index in [-0.39, 0.29) is 0 Å². The zero-order valence-corrected chi connectivity index (χ0v) is 19.1. The van der Waals surface area contributed by atoms with Crippen LogP contribution in [0.25, 0.3) is 11.3 Å². The van der Waals surface area contributed by atoms with E-state index in [2.05, 4.69) is 14.8 Å². The van der Waals surface area contributed by atoms with Crippen molar-refractivity contribution in [3.63, 3.8) is 0 Å². The highest BCUT2D eigenvalue weighted by Crippen LogP contribution is 2.44. The highest BCUT2D eigenvalue weighted by atomic mass is 16.5. The second-order valence-corrected chi connectivity index (χ2v) is 7.79. The van der Waals surface area contributed by atoms with Gasteiger partial charge in [0.15, 0.2) is 11.5 Å². The molecule has 172 valence electrons. The topological polar surface area (TPSA) is 82.1 Å². The van der Waals surface area contributed by atoms with Crippen molar-refractivity contribution in [2.24, 2.45) is 0 Å². The Hall–Kier alpha value is -3.59. The molecule has 9 heteroatoms. The van der Waals surface area contributed by atoms with Crippen LogP contribution >= 0.6 is 0 Å². The third-order valence-corrected chi connectivity index (χ3v) is 6.02. The number of pyridine rings is 1. The van der Waals surface area contributed by atoms with Gasteiger partial charge in [-0.3, -0.25) is 4.98 Å². The monoisotopic (exact) mass is 449 g/mol. The van der Waals surface area contributed by atoms with Gasteiger partial charge in [-0.1, -0.05) is 0 Å². The number of fused-ring (bicyclic) bond motifs is 1. The molecule has 33 heavy (non-hydrogen) atoms. The van der Waals surface area contributed by atoms with Crippen LogP contribution in [0.2, 0.25) is 0 Å². The van der Waals surface area contributed by atoms with E-state index < -0.39 is 0 Å². The molecular formula is C24H27N5O4. The maximum Gasteiger partial charge on any atom is 0.228 e. The molecule has 0 saturated carbocycles. The average Bonchev–Trinajstić information content (AvgIpc) is 3.32. The molecule has 1 saturated heterocycles. The van der Waals surface area contributed by atoms with Crippen LogP contribution < -0.4 is 24.0 Å². The Morgan fingerprint density at radius 1 is 0.879 bits per heavy atom. The minimum atomic E-state index is 0.557. The Kier molecular flexibility index (Phi) is 5.87. The lowest BCUT2D eigenvalue weighted by atomic mass is 10.0. The fourth-order valence-electron chi connectivity index (χ4n) is 4.38. The van der Waals surface area contributed by atoms with Crippen molar-refractivity contribution >= 4 is 17.5 Å². The maximum absolute atomic E-state index is 5.60. The lowest BCUT2D eigenvalue weighted by Crippen LogP contribution is -2.37. The average molecular weight is 450 g/mol. The number of rotatable bonds is 6. The lowest BCUT2D eigenvalue weighted by Gasteiger charge is -2.28. The summed E-state index contributed by atoms with van der Waals surface area (Å²) in [6, 6.07) is 7.90. The molecule has 3 aromatic rings. The van der Waals surface area contributed by atoms with Crippen LogP contribution in [0.3, 0.4) is 0 Å². The molecule has 0 bridgehead atoms. The number of nitrogens with zero attached hydrogens (tertiary/aromatic N) is 5. The lowest BCUT2D eigenvalue weighted by molar-refractivity contribution is 0.122. The van der Waals surface area contributed by atoms with E-state index in [1.54, 1.807) is 33.7 Å². The van der Waals surface area contributed by atoms with Crippen molar-refractivity contribution in [2.45, 2.75) is 6.42 Å². The first-order valence-corrected chi connectivity index (χ1v) is 10.9. The van der Waals surface area contributed by atoms with E-state index in [1.807, 2.05) is 24.3 Å². The first-order chi connectivity index (χ1) is 16.2. The van der Waals surface area contributed by atoms with Crippen LogP contribution in [0.4, 0.5) is 17.5 Å². The fraction of sp³-hybridized carbons (Fsp3) is 0.375. The van der Waals surface area contributed by atoms with Crippen molar-refractivity contribution in [1.82, 2.24) is 15.0 Å².